The van der Waals surface area contributed by atoms with E-state index in [1.807, 2.05) is 24.3 Å². The number of para-hydroxylation sites is 1. The lowest BCUT2D eigenvalue weighted by Gasteiger charge is -2.31. The number of fused-ring (bicyclic) bond motifs is 1. The molecule has 5 nitrogen and oxygen atoms in total. The normalized spacial score (nSPS) is 16.2. The van der Waals surface area contributed by atoms with Crippen LogP contribution < -0.4 is 10.3 Å². The van der Waals surface area contributed by atoms with Gasteiger partial charge in [0, 0.05) is 11.6 Å². The van der Waals surface area contributed by atoms with Gasteiger partial charge in [-0.2, -0.15) is 10.5 Å². The SMILES string of the molecule is CC(C)CCCC(C)CCN(C)C1CCCCC1.N#CC(C#N)=C1NOc2ccccc21. The van der Waals surface area contributed by atoms with Crippen LogP contribution in [-0.2, 0) is 0 Å². The minimum absolute atomic E-state index is 0.0231. The fourth-order valence-electron chi connectivity index (χ4n) is 4.39. The molecule has 0 spiro atoms. The highest BCUT2D eigenvalue weighted by Gasteiger charge is 2.21. The van der Waals surface area contributed by atoms with Gasteiger partial charge in [0.15, 0.2) is 11.3 Å². The minimum Gasteiger partial charge on any atom is -0.381 e. The number of hydrogen-bond donors (Lipinski definition) is 1. The summed E-state index contributed by atoms with van der Waals surface area (Å²) in [5.41, 5.74) is 3.76. The maximum Gasteiger partial charge on any atom is 0.164 e. The Bertz CT molecular complexity index is 796. The number of nitrogens with zero attached hydrogens (tertiary/aromatic N) is 3. The molecule has 0 bridgehead atoms. The second-order valence-electron chi connectivity index (χ2n) is 9.66. The largest absolute Gasteiger partial charge is 0.381 e. The van der Waals surface area contributed by atoms with Gasteiger partial charge >= 0.3 is 0 Å². The van der Waals surface area contributed by atoms with E-state index in [2.05, 4.69) is 38.2 Å². The van der Waals surface area contributed by atoms with Crippen molar-refractivity contribution in [3.8, 4) is 17.9 Å². The Hall–Kier alpha value is -2.50. The quantitative estimate of drug-likeness (QED) is 0.474. The molecule has 5 heteroatoms. The van der Waals surface area contributed by atoms with Gasteiger partial charge in [-0.25, -0.2) is 5.48 Å². The van der Waals surface area contributed by atoms with Gasteiger partial charge in [-0.3, -0.25) is 0 Å². The van der Waals surface area contributed by atoms with Crippen LogP contribution in [0.1, 0.15) is 84.1 Å². The van der Waals surface area contributed by atoms with E-state index in [4.69, 9.17) is 15.4 Å². The molecule has 2 aliphatic rings. The molecule has 1 unspecified atom stereocenters. The van der Waals surface area contributed by atoms with Gasteiger partial charge in [0.1, 0.15) is 17.8 Å². The van der Waals surface area contributed by atoms with Gasteiger partial charge < -0.3 is 9.74 Å². The van der Waals surface area contributed by atoms with Gasteiger partial charge in [0.05, 0.1) is 0 Å². The van der Waals surface area contributed by atoms with Gasteiger partial charge in [-0.1, -0.05) is 71.4 Å². The molecule has 1 aromatic carbocycles. The summed E-state index contributed by atoms with van der Waals surface area (Å²) < 4.78 is 0. The summed E-state index contributed by atoms with van der Waals surface area (Å²) in [5.74, 6) is 2.42. The summed E-state index contributed by atoms with van der Waals surface area (Å²) >= 11 is 0. The van der Waals surface area contributed by atoms with E-state index in [1.165, 1.54) is 64.3 Å². The van der Waals surface area contributed by atoms with Crippen LogP contribution in [0.5, 0.6) is 5.75 Å². The molecule has 1 aliphatic heterocycles. The van der Waals surface area contributed by atoms with Gasteiger partial charge in [-0.15, -0.1) is 0 Å². The van der Waals surface area contributed by atoms with Crippen LogP contribution in [0.4, 0.5) is 0 Å². The maximum absolute atomic E-state index is 8.69. The summed E-state index contributed by atoms with van der Waals surface area (Å²) in [6.45, 7) is 8.42. The van der Waals surface area contributed by atoms with Crippen LogP contribution in [0.15, 0.2) is 29.8 Å². The van der Waals surface area contributed by atoms with E-state index in [9.17, 15) is 0 Å². The van der Waals surface area contributed by atoms with Crippen LogP contribution in [0, 0.1) is 34.5 Å². The second kappa shape index (κ2) is 13.8. The van der Waals surface area contributed by atoms with Gasteiger partial charge in [0.25, 0.3) is 0 Å². The molecule has 1 atom stereocenters. The zero-order chi connectivity index (χ0) is 23.3. The average Bonchev–Trinajstić information content (AvgIpc) is 3.23. The van der Waals surface area contributed by atoms with Crippen LogP contribution in [0.2, 0.25) is 0 Å². The average molecular weight is 437 g/mol. The van der Waals surface area contributed by atoms with Crippen molar-refractivity contribution >= 4 is 5.70 Å². The molecule has 0 radical (unpaired) electrons. The van der Waals surface area contributed by atoms with Crippen molar-refractivity contribution in [3.05, 3.63) is 35.4 Å². The molecule has 3 rings (SSSR count). The third kappa shape index (κ3) is 8.21. The molecule has 1 N–H and O–H groups in total. The van der Waals surface area contributed by atoms with E-state index in [0.717, 1.165) is 23.4 Å². The van der Waals surface area contributed by atoms with E-state index in [0.29, 0.717) is 11.4 Å². The van der Waals surface area contributed by atoms with Gasteiger partial charge in [0.2, 0.25) is 0 Å². The fourth-order valence-corrected chi connectivity index (χ4v) is 4.39. The molecule has 1 aliphatic carbocycles. The molecule has 1 aromatic rings. The van der Waals surface area contributed by atoms with E-state index >= 15 is 0 Å². The lowest BCUT2D eigenvalue weighted by atomic mass is 9.93. The van der Waals surface area contributed by atoms with E-state index in [-0.39, 0.29) is 5.57 Å². The van der Waals surface area contributed by atoms with Crippen LogP contribution >= 0.6 is 0 Å². The minimum atomic E-state index is 0.0231. The van der Waals surface area contributed by atoms with Crippen LogP contribution in [0.3, 0.4) is 0 Å². The molecule has 174 valence electrons. The summed E-state index contributed by atoms with van der Waals surface area (Å²) in [6, 6.07) is 11.7. The van der Waals surface area contributed by atoms with Crippen LogP contribution in [-0.4, -0.2) is 24.5 Å². The standard InChI is InChI=1S/C17H35N.C10H5N3O/c1-15(2)9-8-10-16(3)13-14-18(4)17-11-6-5-7-12-17;11-5-7(6-12)10-8-3-1-2-4-9(8)14-13-10/h15-17H,5-14H2,1-4H3;1-4,13H. The lowest BCUT2D eigenvalue weighted by Crippen LogP contribution is -2.34. The Labute approximate surface area is 195 Å². The molecule has 0 saturated heterocycles. The van der Waals surface area contributed by atoms with Crippen molar-refractivity contribution in [2.45, 2.75) is 84.6 Å². The van der Waals surface area contributed by atoms with Crippen molar-refractivity contribution in [1.82, 2.24) is 10.4 Å². The Morgan fingerprint density at radius 3 is 2.41 bits per heavy atom. The van der Waals surface area contributed by atoms with E-state index in [1.54, 1.807) is 12.1 Å². The Balaban J connectivity index is 0.000000233. The zero-order valence-corrected chi connectivity index (χ0v) is 20.4. The van der Waals surface area contributed by atoms with Crippen LogP contribution in [0.25, 0.3) is 5.70 Å². The molecule has 1 heterocycles. The third-order valence-corrected chi connectivity index (χ3v) is 6.54. The predicted octanol–water partition coefficient (Wildman–Crippen LogP) is 6.45. The number of nitriles is 2. The number of nitrogens with one attached hydrogen (secondary N) is 1. The first kappa shape index (κ1) is 25.8. The molecule has 1 fully saturated rings. The van der Waals surface area contributed by atoms with E-state index < -0.39 is 0 Å². The van der Waals surface area contributed by atoms with Crippen molar-refractivity contribution in [2.24, 2.45) is 11.8 Å². The smallest absolute Gasteiger partial charge is 0.164 e. The second-order valence-corrected chi connectivity index (χ2v) is 9.66. The number of rotatable bonds is 8. The maximum atomic E-state index is 8.69. The molecule has 1 saturated carbocycles. The highest BCUT2D eigenvalue weighted by molar-refractivity contribution is 5.78. The van der Waals surface area contributed by atoms with Crippen molar-refractivity contribution in [3.63, 3.8) is 0 Å². The predicted molar refractivity (Wildman–Crippen MR) is 130 cm³/mol. The molecular formula is C27H40N4O. The molecule has 32 heavy (non-hydrogen) atoms. The Morgan fingerprint density at radius 2 is 1.75 bits per heavy atom. The molecule has 0 aromatic heterocycles. The monoisotopic (exact) mass is 436 g/mol. The first-order chi connectivity index (χ1) is 15.5. The Kier molecular flexibility index (Phi) is 11.1. The lowest BCUT2D eigenvalue weighted by molar-refractivity contribution is 0.180. The summed E-state index contributed by atoms with van der Waals surface area (Å²) in [6.07, 6.45) is 12.9. The highest BCUT2D eigenvalue weighted by atomic mass is 16.7. The molecule has 0 amide bonds. The fraction of sp³-hybridized carbons (Fsp3) is 0.630. The summed E-state index contributed by atoms with van der Waals surface area (Å²) in [4.78, 5) is 7.72. The summed E-state index contributed by atoms with van der Waals surface area (Å²) in [5, 5.41) is 17.4. The zero-order valence-electron chi connectivity index (χ0n) is 20.4. The third-order valence-electron chi connectivity index (χ3n) is 6.54. The number of benzene rings is 1. The topological polar surface area (TPSA) is 72.1 Å². The number of hydrogen-bond acceptors (Lipinski definition) is 5. The van der Waals surface area contributed by atoms with Gasteiger partial charge in [-0.05, 0) is 56.8 Å². The van der Waals surface area contributed by atoms with Crippen molar-refractivity contribution in [1.29, 1.82) is 10.5 Å². The van der Waals surface area contributed by atoms with Crippen molar-refractivity contribution in [2.75, 3.05) is 13.6 Å². The first-order valence-electron chi connectivity index (χ1n) is 12.2. The summed E-state index contributed by atoms with van der Waals surface area (Å²) in [7, 11) is 2.34. The highest BCUT2D eigenvalue weighted by Crippen LogP contribution is 2.31. The number of allylic oxidation sites excluding steroid dienone is 1. The first-order valence-corrected chi connectivity index (χ1v) is 12.2. The number of hydroxylamine groups is 1. The van der Waals surface area contributed by atoms with Crippen molar-refractivity contribution < 1.29 is 4.84 Å². The molecular weight excluding hydrogens is 396 g/mol. The Morgan fingerprint density at radius 1 is 1.06 bits per heavy atom.